The molecule has 0 aliphatic rings. The zero-order valence-electron chi connectivity index (χ0n) is 12.3. The Morgan fingerprint density at radius 2 is 2.24 bits per heavy atom. The van der Waals surface area contributed by atoms with Gasteiger partial charge in [0.05, 0.1) is 12.3 Å². The van der Waals surface area contributed by atoms with Gasteiger partial charge in [0.1, 0.15) is 11.6 Å². The summed E-state index contributed by atoms with van der Waals surface area (Å²) < 4.78 is 28.3. The first-order chi connectivity index (χ1) is 9.67. The monoisotopic (exact) mass is 314 g/mol. The Balaban J connectivity index is 3.00. The van der Waals surface area contributed by atoms with Crippen molar-refractivity contribution in [1.29, 1.82) is 5.26 Å². The average molecular weight is 314 g/mol. The van der Waals surface area contributed by atoms with Gasteiger partial charge in [-0.1, -0.05) is 20.3 Å². The summed E-state index contributed by atoms with van der Waals surface area (Å²) in [6.07, 6.45) is 2.92. The van der Waals surface area contributed by atoms with Crippen LogP contribution in [0.1, 0.15) is 30.6 Å². The van der Waals surface area contributed by atoms with Crippen LogP contribution in [0.4, 0.5) is 0 Å². The molecule has 0 saturated heterocycles. The second-order valence-electron chi connectivity index (χ2n) is 4.77. The third kappa shape index (κ3) is 4.75. The van der Waals surface area contributed by atoms with Crippen LogP contribution in [-0.2, 0) is 17.2 Å². The van der Waals surface area contributed by atoms with Crippen molar-refractivity contribution in [2.75, 3.05) is 6.26 Å². The lowest BCUT2D eigenvalue weighted by molar-refractivity contribution is 0.0934. The quantitative estimate of drug-likeness (QED) is 0.761. The number of carbonyl (C=O) groups is 1. The Labute approximate surface area is 123 Å². The lowest BCUT2D eigenvalue weighted by atomic mass is 10.0. The standard InChI is InChI=1S/C12H18N4O4S/c1-5-8(2)10(6-13)14-11(17)9-7-16(3)15-12(9)20-21(4,18)19/h7-8,10H,5H2,1-4H3,(H,14,17). The van der Waals surface area contributed by atoms with E-state index in [4.69, 9.17) is 5.26 Å². The molecule has 1 N–H and O–H groups in total. The third-order valence-electron chi connectivity index (χ3n) is 2.91. The van der Waals surface area contributed by atoms with E-state index < -0.39 is 22.1 Å². The second kappa shape index (κ2) is 6.58. The van der Waals surface area contributed by atoms with Crippen LogP contribution in [0.25, 0.3) is 0 Å². The van der Waals surface area contributed by atoms with E-state index in [0.717, 1.165) is 12.7 Å². The predicted octanol–water partition coefficient (Wildman–Crippen LogP) is 0.427. The van der Waals surface area contributed by atoms with Crippen LogP contribution in [0.5, 0.6) is 5.88 Å². The zero-order chi connectivity index (χ0) is 16.2. The van der Waals surface area contributed by atoms with E-state index in [9.17, 15) is 13.2 Å². The number of nitrogens with one attached hydrogen (secondary N) is 1. The molecule has 0 spiro atoms. The van der Waals surface area contributed by atoms with Crippen molar-refractivity contribution in [3.8, 4) is 11.9 Å². The number of amides is 1. The Kier molecular flexibility index (Phi) is 5.32. The molecule has 0 aliphatic carbocycles. The summed E-state index contributed by atoms with van der Waals surface area (Å²) in [5.74, 6) is -0.943. The lowest BCUT2D eigenvalue weighted by Crippen LogP contribution is -2.38. The molecule has 1 aromatic heterocycles. The summed E-state index contributed by atoms with van der Waals surface area (Å²) >= 11 is 0. The van der Waals surface area contributed by atoms with Gasteiger partial charge in [-0.3, -0.25) is 9.48 Å². The summed E-state index contributed by atoms with van der Waals surface area (Å²) in [6, 6.07) is 1.34. The maximum Gasteiger partial charge on any atom is 0.307 e. The van der Waals surface area contributed by atoms with Gasteiger partial charge in [0.15, 0.2) is 0 Å². The number of hydrogen-bond donors (Lipinski definition) is 1. The highest BCUT2D eigenvalue weighted by molar-refractivity contribution is 7.86. The molecule has 2 atom stereocenters. The predicted molar refractivity (Wildman–Crippen MR) is 75.0 cm³/mol. The maximum atomic E-state index is 12.2. The molecule has 0 radical (unpaired) electrons. The molecule has 1 heterocycles. The van der Waals surface area contributed by atoms with Crippen LogP contribution >= 0.6 is 0 Å². The Hall–Kier alpha value is -2.08. The van der Waals surface area contributed by atoms with Gasteiger partial charge in [0.2, 0.25) is 0 Å². The first kappa shape index (κ1) is 17.0. The van der Waals surface area contributed by atoms with Gasteiger partial charge in [0.25, 0.3) is 11.8 Å². The summed E-state index contributed by atoms with van der Waals surface area (Å²) in [5.41, 5.74) is -0.0357. The summed E-state index contributed by atoms with van der Waals surface area (Å²) in [5, 5.41) is 15.4. The van der Waals surface area contributed by atoms with E-state index in [2.05, 4.69) is 14.6 Å². The van der Waals surface area contributed by atoms with Crippen LogP contribution < -0.4 is 9.50 Å². The van der Waals surface area contributed by atoms with Crippen LogP contribution in [0, 0.1) is 17.2 Å². The fraction of sp³-hybridized carbons (Fsp3) is 0.583. The average Bonchev–Trinajstić information content (AvgIpc) is 2.73. The van der Waals surface area contributed by atoms with Crippen molar-refractivity contribution < 1.29 is 17.4 Å². The summed E-state index contributed by atoms with van der Waals surface area (Å²) in [6.45, 7) is 3.74. The molecule has 0 saturated carbocycles. The van der Waals surface area contributed by atoms with Gasteiger partial charge in [0, 0.05) is 13.2 Å². The van der Waals surface area contributed by atoms with Gasteiger partial charge in [-0.2, -0.15) is 13.7 Å². The number of hydrogen-bond acceptors (Lipinski definition) is 6. The highest BCUT2D eigenvalue weighted by atomic mass is 32.2. The van der Waals surface area contributed by atoms with Gasteiger partial charge < -0.3 is 9.50 Å². The summed E-state index contributed by atoms with van der Waals surface area (Å²) in [7, 11) is -2.27. The second-order valence-corrected chi connectivity index (χ2v) is 6.35. The number of aryl methyl sites for hydroxylation is 1. The molecule has 0 bridgehead atoms. The SMILES string of the molecule is CCC(C)C(C#N)NC(=O)c1cn(C)nc1OS(C)(=O)=O. The fourth-order valence-corrected chi connectivity index (χ4v) is 2.00. The summed E-state index contributed by atoms with van der Waals surface area (Å²) in [4.78, 5) is 12.2. The van der Waals surface area contributed by atoms with Crippen molar-refractivity contribution in [2.45, 2.75) is 26.3 Å². The minimum atomic E-state index is -3.80. The minimum Gasteiger partial charge on any atom is -0.359 e. The molecule has 9 heteroatoms. The highest BCUT2D eigenvalue weighted by Gasteiger charge is 2.24. The van der Waals surface area contributed by atoms with Crippen LogP contribution in [0.15, 0.2) is 6.20 Å². The van der Waals surface area contributed by atoms with Gasteiger partial charge >= 0.3 is 10.1 Å². The number of aromatic nitrogens is 2. The Morgan fingerprint density at radius 3 is 2.71 bits per heavy atom. The maximum absolute atomic E-state index is 12.2. The molecular weight excluding hydrogens is 296 g/mol. The third-order valence-corrected chi connectivity index (χ3v) is 3.37. The first-order valence-corrected chi connectivity index (χ1v) is 8.13. The van der Waals surface area contributed by atoms with Crippen molar-refractivity contribution in [1.82, 2.24) is 15.1 Å². The van der Waals surface area contributed by atoms with Crippen LogP contribution in [0.2, 0.25) is 0 Å². The highest BCUT2D eigenvalue weighted by Crippen LogP contribution is 2.18. The molecule has 2 unspecified atom stereocenters. The molecule has 0 aromatic carbocycles. The number of rotatable bonds is 6. The fourth-order valence-electron chi connectivity index (χ4n) is 1.59. The molecule has 21 heavy (non-hydrogen) atoms. The van der Waals surface area contributed by atoms with Gasteiger partial charge in [-0.05, 0) is 5.92 Å². The molecule has 116 valence electrons. The number of nitrogens with zero attached hydrogens (tertiary/aromatic N) is 3. The smallest absolute Gasteiger partial charge is 0.307 e. The molecule has 8 nitrogen and oxygen atoms in total. The van der Waals surface area contributed by atoms with E-state index in [0.29, 0.717) is 0 Å². The van der Waals surface area contributed by atoms with Crippen molar-refractivity contribution in [3.63, 3.8) is 0 Å². The lowest BCUT2D eigenvalue weighted by Gasteiger charge is -2.16. The molecule has 0 aliphatic heterocycles. The van der Waals surface area contributed by atoms with Crippen molar-refractivity contribution in [3.05, 3.63) is 11.8 Å². The van der Waals surface area contributed by atoms with E-state index in [-0.39, 0.29) is 17.4 Å². The van der Waals surface area contributed by atoms with Crippen LogP contribution in [0.3, 0.4) is 0 Å². The molecule has 0 fully saturated rings. The van der Waals surface area contributed by atoms with E-state index in [1.807, 2.05) is 19.9 Å². The van der Waals surface area contributed by atoms with E-state index in [1.165, 1.54) is 17.9 Å². The molecule has 1 rings (SSSR count). The number of nitriles is 1. The normalized spacial score (nSPS) is 14.0. The molecule has 1 aromatic rings. The van der Waals surface area contributed by atoms with Crippen molar-refractivity contribution >= 4 is 16.0 Å². The zero-order valence-corrected chi connectivity index (χ0v) is 13.1. The van der Waals surface area contributed by atoms with Gasteiger partial charge in [-0.25, -0.2) is 0 Å². The minimum absolute atomic E-state index is 0.0325. The topological polar surface area (TPSA) is 114 Å². The van der Waals surface area contributed by atoms with Crippen molar-refractivity contribution in [2.24, 2.45) is 13.0 Å². The number of carbonyl (C=O) groups excluding carboxylic acids is 1. The Bertz CT molecular complexity index is 659. The van der Waals surface area contributed by atoms with E-state index in [1.54, 1.807) is 0 Å². The van der Waals surface area contributed by atoms with Gasteiger partial charge in [-0.15, -0.1) is 5.10 Å². The van der Waals surface area contributed by atoms with Crippen LogP contribution in [-0.4, -0.2) is 36.4 Å². The molecule has 1 amide bonds. The Morgan fingerprint density at radius 1 is 1.62 bits per heavy atom. The first-order valence-electron chi connectivity index (χ1n) is 6.31. The van der Waals surface area contributed by atoms with E-state index >= 15 is 0 Å². The molecular formula is C12H18N4O4S. The largest absolute Gasteiger partial charge is 0.359 e.